The van der Waals surface area contributed by atoms with Crippen LogP contribution in [0, 0.1) is 11.3 Å². The van der Waals surface area contributed by atoms with Crippen LogP contribution < -0.4 is 0 Å². The zero-order valence-corrected chi connectivity index (χ0v) is 20.0. The molecule has 0 aromatic heterocycles. The molecule has 0 unspecified atom stereocenters. The van der Waals surface area contributed by atoms with E-state index in [1.54, 1.807) is 16.7 Å². The van der Waals surface area contributed by atoms with Crippen LogP contribution in [0.25, 0.3) is 5.57 Å². The summed E-state index contributed by atoms with van der Waals surface area (Å²) in [7, 11) is 0. The first-order valence-electron chi connectivity index (χ1n) is 13.2. The number of hydrogen-bond donors (Lipinski definition) is 0. The van der Waals surface area contributed by atoms with E-state index in [-0.39, 0.29) is 5.41 Å². The van der Waals surface area contributed by atoms with E-state index in [2.05, 4.69) is 44.2 Å². The van der Waals surface area contributed by atoms with Gasteiger partial charge in [-0.3, -0.25) is 0 Å². The number of rotatable bonds is 14. The van der Waals surface area contributed by atoms with E-state index in [4.69, 9.17) is 6.58 Å². The maximum atomic E-state index is 4.79. The Bertz CT molecular complexity index is 679. The third-order valence-electron chi connectivity index (χ3n) is 7.97. The van der Waals surface area contributed by atoms with E-state index in [1.807, 2.05) is 0 Å². The Morgan fingerprint density at radius 3 is 2.30 bits per heavy atom. The fourth-order valence-electron chi connectivity index (χ4n) is 6.44. The predicted octanol–water partition coefficient (Wildman–Crippen LogP) is 9.91. The maximum absolute atomic E-state index is 4.79. The highest BCUT2D eigenvalue weighted by atomic mass is 14.6. The topological polar surface area (TPSA) is 0 Å². The Balaban J connectivity index is 1.78. The molecule has 1 fully saturated rings. The van der Waals surface area contributed by atoms with Gasteiger partial charge in [-0.1, -0.05) is 120 Å². The van der Waals surface area contributed by atoms with E-state index in [0.29, 0.717) is 0 Å². The molecule has 1 aromatic rings. The van der Waals surface area contributed by atoms with E-state index < -0.39 is 0 Å². The fourth-order valence-corrected chi connectivity index (χ4v) is 6.44. The van der Waals surface area contributed by atoms with Crippen LogP contribution in [0.1, 0.15) is 122 Å². The van der Waals surface area contributed by atoms with Gasteiger partial charge in [-0.2, -0.15) is 0 Å². The zero-order chi connectivity index (χ0) is 21.2. The van der Waals surface area contributed by atoms with Crippen molar-refractivity contribution in [3.05, 3.63) is 53.6 Å². The molecule has 0 spiro atoms. The minimum Gasteiger partial charge on any atom is -0.0989 e. The highest BCUT2D eigenvalue weighted by Crippen LogP contribution is 2.65. The lowest BCUT2D eigenvalue weighted by molar-refractivity contribution is 0.357. The van der Waals surface area contributed by atoms with Gasteiger partial charge in [-0.15, -0.1) is 0 Å². The Labute approximate surface area is 187 Å². The van der Waals surface area contributed by atoms with Crippen LogP contribution in [0.5, 0.6) is 0 Å². The average molecular weight is 407 g/mol. The van der Waals surface area contributed by atoms with Crippen LogP contribution in [-0.4, -0.2) is 0 Å². The van der Waals surface area contributed by atoms with Crippen molar-refractivity contribution in [1.82, 2.24) is 0 Å². The standard InChI is InChI=1S/C30H46/c1-4-6-8-10-11-13-18-25(3)30-23-17-22-28(30)24-27(21-14-9-7-5-2)29(30)26-19-15-12-16-20-26/h12,15-16,19-20,28H,3-11,13-14,17-18,21-24H2,1-2H3/t28-,30+/m1/s1. The molecule has 2 aliphatic rings. The average Bonchev–Trinajstić information content (AvgIpc) is 3.31. The summed E-state index contributed by atoms with van der Waals surface area (Å²) >= 11 is 0. The Morgan fingerprint density at radius 2 is 1.57 bits per heavy atom. The monoisotopic (exact) mass is 406 g/mol. The number of allylic oxidation sites excluding steroid dienone is 3. The van der Waals surface area contributed by atoms with Gasteiger partial charge in [0.05, 0.1) is 0 Å². The summed E-state index contributed by atoms with van der Waals surface area (Å²) in [6.07, 6.45) is 21.8. The third kappa shape index (κ3) is 5.30. The molecule has 1 saturated carbocycles. The molecular weight excluding hydrogens is 360 g/mol. The molecule has 0 amide bonds. The van der Waals surface area contributed by atoms with Gasteiger partial charge in [-0.05, 0) is 62.0 Å². The SMILES string of the molecule is C=C(CCCCCCCC)[C@@]12CCC[C@@H]1CC(CCCCCC)=C2c1ccccc1. The molecule has 30 heavy (non-hydrogen) atoms. The fraction of sp³-hybridized carbons (Fsp3) is 0.667. The lowest BCUT2D eigenvalue weighted by Crippen LogP contribution is -2.25. The van der Waals surface area contributed by atoms with Crippen LogP contribution in [0.2, 0.25) is 0 Å². The van der Waals surface area contributed by atoms with Crippen LogP contribution in [0.3, 0.4) is 0 Å². The van der Waals surface area contributed by atoms with Crippen molar-refractivity contribution >= 4 is 5.57 Å². The number of fused-ring (bicyclic) bond motifs is 1. The zero-order valence-electron chi connectivity index (χ0n) is 20.0. The molecular formula is C30H46. The molecule has 2 aliphatic carbocycles. The molecule has 0 saturated heterocycles. The number of unbranched alkanes of at least 4 members (excludes halogenated alkanes) is 8. The third-order valence-corrected chi connectivity index (χ3v) is 7.97. The summed E-state index contributed by atoms with van der Waals surface area (Å²) in [6.45, 7) is 9.41. The normalized spacial score (nSPS) is 23.2. The smallest absolute Gasteiger partial charge is 0.0195 e. The second-order valence-corrected chi connectivity index (χ2v) is 10.0. The highest BCUT2D eigenvalue weighted by molar-refractivity contribution is 5.79. The molecule has 0 aliphatic heterocycles. The first-order valence-corrected chi connectivity index (χ1v) is 13.2. The number of benzene rings is 1. The largest absolute Gasteiger partial charge is 0.0989 e. The first-order chi connectivity index (χ1) is 14.7. The summed E-state index contributed by atoms with van der Waals surface area (Å²) in [4.78, 5) is 0. The summed E-state index contributed by atoms with van der Waals surface area (Å²) in [6, 6.07) is 11.4. The molecule has 0 bridgehead atoms. The van der Waals surface area contributed by atoms with E-state index >= 15 is 0 Å². The summed E-state index contributed by atoms with van der Waals surface area (Å²) in [5.74, 6) is 0.821. The minimum atomic E-state index is 0.283. The predicted molar refractivity (Wildman–Crippen MR) is 134 cm³/mol. The minimum absolute atomic E-state index is 0.283. The summed E-state index contributed by atoms with van der Waals surface area (Å²) in [5.41, 5.74) is 6.86. The molecule has 0 heterocycles. The Hall–Kier alpha value is -1.30. The molecule has 3 rings (SSSR count). The van der Waals surface area contributed by atoms with Gasteiger partial charge in [0.2, 0.25) is 0 Å². The maximum Gasteiger partial charge on any atom is 0.0195 e. The molecule has 1 aromatic carbocycles. The molecule has 2 atom stereocenters. The summed E-state index contributed by atoms with van der Waals surface area (Å²) in [5, 5.41) is 0. The lowest BCUT2D eigenvalue weighted by atomic mass is 9.67. The first kappa shape index (κ1) is 23.4. The molecule has 0 heteroatoms. The van der Waals surface area contributed by atoms with Gasteiger partial charge >= 0.3 is 0 Å². The van der Waals surface area contributed by atoms with Gasteiger partial charge in [0.25, 0.3) is 0 Å². The lowest BCUT2D eigenvalue weighted by Gasteiger charge is -2.36. The van der Waals surface area contributed by atoms with E-state index in [9.17, 15) is 0 Å². The van der Waals surface area contributed by atoms with Crippen LogP contribution in [0.15, 0.2) is 48.1 Å². The molecule has 166 valence electrons. The van der Waals surface area contributed by atoms with Crippen LogP contribution in [0.4, 0.5) is 0 Å². The molecule has 0 nitrogen and oxygen atoms in total. The van der Waals surface area contributed by atoms with Gasteiger partial charge < -0.3 is 0 Å². The van der Waals surface area contributed by atoms with Crippen LogP contribution in [-0.2, 0) is 0 Å². The van der Waals surface area contributed by atoms with Crippen molar-refractivity contribution < 1.29 is 0 Å². The van der Waals surface area contributed by atoms with Crippen molar-refractivity contribution in [2.75, 3.05) is 0 Å². The van der Waals surface area contributed by atoms with Crippen molar-refractivity contribution in [2.45, 2.75) is 117 Å². The van der Waals surface area contributed by atoms with E-state index in [1.165, 1.54) is 108 Å². The van der Waals surface area contributed by atoms with Crippen molar-refractivity contribution in [1.29, 1.82) is 0 Å². The van der Waals surface area contributed by atoms with Gasteiger partial charge in [0.1, 0.15) is 0 Å². The molecule has 0 radical (unpaired) electrons. The number of hydrogen-bond acceptors (Lipinski definition) is 0. The Morgan fingerprint density at radius 1 is 0.900 bits per heavy atom. The van der Waals surface area contributed by atoms with Gasteiger partial charge in [-0.25, -0.2) is 0 Å². The van der Waals surface area contributed by atoms with Crippen molar-refractivity contribution in [3.8, 4) is 0 Å². The Kier molecular flexibility index (Phi) is 9.28. The van der Waals surface area contributed by atoms with Crippen molar-refractivity contribution in [3.63, 3.8) is 0 Å². The van der Waals surface area contributed by atoms with Gasteiger partial charge in [0, 0.05) is 5.41 Å². The van der Waals surface area contributed by atoms with E-state index in [0.717, 1.165) is 5.92 Å². The quantitative estimate of drug-likeness (QED) is 0.213. The second kappa shape index (κ2) is 11.9. The van der Waals surface area contributed by atoms with Gasteiger partial charge in [0.15, 0.2) is 0 Å². The van der Waals surface area contributed by atoms with Crippen LogP contribution >= 0.6 is 0 Å². The van der Waals surface area contributed by atoms with Crippen molar-refractivity contribution in [2.24, 2.45) is 11.3 Å². The highest BCUT2D eigenvalue weighted by Gasteiger charge is 2.52. The summed E-state index contributed by atoms with van der Waals surface area (Å²) < 4.78 is 0. The molecule has 0 N–H and O–H groups in total. The second-order valence-electron chi connectivity index (χ2n) is 10.0.